The minimum absolute atomic E-state index is 0.0106. The third kappa shape index (κ3) is 21.4. The molecule has 0 aromatic rings. The summed E-state index contributed by atoms with van der Waals surface area (Å²) in [5.41, 5.74) is 0. The molecule has 0 rings (SSSR count). The molecule has 0 spiro atoms. The smallest absolute Gasteiger partial charge is 0.343 e. The highest BCUT2D eigenvalue weighted by atomic mass is 16.5. The number of methoxy groups -OCH3 is 1. The van der Waals surface area contributed by atoms with E-state index in [4.69, 9.17) is 0 Å². The largest absolute Gasteiger partial charge is 0.466 e. The molecule has 11 N–H and O–H groups in total. The average Bonchev–Trinajstić information content (AvgIpc) is 3.29. The second-order valence-corrected chi connectivity index (χ2v) is 14.8. The molecule has 0 aliphatic heterocycles. The number of aldehydes is 5. The Balaban J connectivity index is 6.93. The number of esters is 1. The number of ether oxygens (including phenoxy) is 1. The predicted molar refractivity (Wildman–Crippen MR) is 233 cm³/mol. The SMILES string of the molecule is C=CCCC(=O)N[C@@H](C)C(=O)N[C@@H](N[C@@H](C)C=O)C(=O)N(CC=C)[C@@H](N[C@@H](C)C=O)C(=O)N[C@@H](N[C@@H](C)C=O)C(=O)N[C@@H](N[C@@H](C)C=O)C(=O)N[C@@H](C)C(=O)N[C@@H](N[C@@H](C)C=O)C(=O)OC. The van der Waals surface area contributed by atoms with Gasteiger partial charge in [0, 0.05) is 13.0 Å². The van der Waals surface area contributed by atoms with E-state index in [0.717, 1.165) is 12.0 Å². The lowest BCUT2D eigenvalue weighted by molar-refractivity contribution is -0.147. The van der Waals surface area contributed by atoms with E-state index >= 15 is 0 Å². The Morgan fingerprint density at radius 2 is 0.864 bits per heavy atom. The van der Waals surface area contributed by atoms with Crippen LogP contribution in [0.1, 0.15) is 61.3 Å². The average molecular weight is 937 g/mol. The quantitative estimate of drug-likeness (QED) is 0.0124. The lowest BCUT2D eigenvalue weighted by Gasteiger charge is -2.36. The van der Waals surface area contributed by atoms with Crippen molar-refractivity contribution in [1.82, 2.24) is 63.4 Å². The van der Waals surface area contributed by atoms with Gasteiger partial charge in [-0.2, -0.15) is 0 Å². The molecule has 26 heteroatoms. The zero-order valence-corrected chi connectivity index (χ0v) is 38.2. The highest BCUT2D eigenvalue weighted by molar-refractivity contribution is 5.97. The monoisotopic (exact) mass is 936 g/mol. The molecule has 0 unspecified atom stereocenters. The first-order chi connectivity index (χ1) is 31.1. The van der Waals surface area contributed by atoms with E-state index < -0.39 is 127 Å². The van der Waals surface area contributed by atoms with Crippen molar-refractivity contribution in [2.24, 2.45) is 0 Å². The number of nitrogens with one attached hydrogen (secondary N) is 11. The molecule has 0 bridgehead atoms. The first-order valence-corrected chi connectivity index (χ1v) is 20.6. The number of carbonyl (C=O) groups is 13. The molecule has 0 radical (unpaired) electrons. The molecule has 0 aliphatic rings. The van der Waals surface area contributed by atoms with Crippen LogP contribution in [0, 0.1) is 0 Å². The van der Waals surface area contributed by atoms with E-state index in [9.17, 15) is 62.3 Å². The maximum Gasteiger partial charge on any atom is 0.343 e. The summed E-state index contributed by atoms with van der Waals surface area (Å²) >= 11 is 0. The molecule has 66 heavy (non-hydrogen) atoms. The molecule has 26 nitrogen and oxygen atoms in total. The summed E-state index contributed by atoms with van der Waals surface area (Å²) in [7, 11) is 1.03. The Bertz CT molecular complexity index is 1750. The number of hydrogen-bond acceptors (Lipinski definition) is 19. The fraction of sp³-hybridized carbons (Fsp3) is 0.575. The number of amides is 7. The molecule has 0 saturated carbocycles. The summed E-state index contributed by atoms with van der Waals surface area (Å²) in [5, 5.41) is 26.7. The summed E-state index contributed by atoms with van der Waals surface area (Å²) in [6.45, 7) is 15.8. The minimum Gasteiger partial charge on any atom is -0.466 e. The normalized spacial score (nSPS) is 16.2. The Morgan fingerprint density at radius 1 is 0.485 bits per heavy atom. The van der Waals surface area contributed by atoms with E-state index in [-0.39, 0.29) is 6.42 Å². The molecule has 0 saturated heterocycles. The van der Waals surface area contributed by atoms with Crippen LogP contribution in [0.4, 0.5) is 0 Å². The molecule has 0 fully saturated rings. The third-order valence-corrected chi connectivity index (χ3v) is 8.78. The van der Waals surface area contributed by atoms with Crippen molar-refractivity contribution in [3.63, 3.8) is 0 Å². The highest BCUT2D eigenvalue weighted by Gasteiger charge is 2.38. The van der Waals surface area contributed by atoms with E-state index in [1.54, 1.807) is 0 Å². The number of allylic oxidation sites excluding steroid dienone is 1. The molecule has 12 atom stereocenters. The first kappa shape index (κ1) is 59.4. The van der Waals surface area contributed by atoms with Crippen molar-refractivity contribution < 1.29 is 67.1 Å². The molecule has 0 aliphatic carbocycles. The van der Waals surface area contributed by atoms with Crippen LogP contribution in [-0.4, -0.2) is 170 Å². The van der Waals surface area contributed by atoms with Crippen molar-refractivity contribution in [2.45, 2.75) is 134 Å². The molecular weight excluding hydrogens is 873 g/mol. The van der Waals surface area contributed by atoms with Crippen LogP contribution in [0.5, 0.6) is 0 Å². The van der Waals surface area contributed by atoms with Crippen LogP contribution in [0.3, 0.4) is 0 Å². The van der Waals surface area contributed by atoms with Crippen LogP contribution in [0.25, 0.3) is 0 Å². The van der Waals surface area contributed by atoms with Gasteiger partial charge in [-0.15, -0.1) is 13.2 Å². The molecule has 7 amide bonds. The van der Waals surface area contributed by atoms with E-state index in [0.29, 0.717) is 37.9 Å². The Morgan fingerprint density at radius 3 is 1.30 bits per heavy atom. The zero-order chi connectivity index (χ0) is 50.7. The zero-order valence-electron chi connectivity index (χ0n) is 38.2. The van der Waals surface area contributed by atoms with Crippen molar-refractivity contribution in [1.29, 1.82) is 0 Å². The number of rotatable bonds is 34. The van der Waals surface area contributed by atoms with Gasteiger partial charge in [0.25, 0.3) is 23.6 Å². The van der Waals surface area contributed by atoms with Crippen molar-refractivity contribution in [2.75, 3.05) is 13.7 Å². The summed E-state index contributed by atoms with van der Waals surface area (Å²) in [6.07, 6.45) is -4.03. The summed E-state index contributed by atoms with van der Waals surface area (Å²) < 4.78 is 4.63. The predicted octanol–water partition coefficient (Wildman–Crippen LogP) is -5.87. The molecule has 0 aromatic carbocycles. The van der Waals surface area contributed by atoms with Crippen LogP contribution in [-0.2, 0) is 67.1 Å². The maximum atomic E-state index is 14.3. The fourth-order valence-corrected chi connectivity index (χ4v) is 5.21. The van der Waals surface area contributed by atoms with Gasteiger partial charge in [0.2, 0.25) is 17.7 Å². The number of carbonyl (C=O) groups excluding carboxylic acids is 13. The molecular formula is C40H64N12O14. The van der Waals surface area contributed by atoms with Gasteiger partial charge in [0.1, 0.15) is 43.5 Å². The van der Waals surface area contributed by atoms with Gasteiger partial charge >= 0.3 is 5.97 Å². The number of nitrogens with zero attached hydrogens (tertiary/aromatic N) is 1. The Labute approximate surface area is 382 Å². The van der Waals surface area contributed by atoms with E-state index in [1.807, 2.05) is 0 Å². The fourth-order valence-electron chi connectivity index (χ4n) is 5.21. The standard InChI is InChI=1S/C40H64N12O14/c1-11-13-14-28(58)46-26(8)34(59)50-31(43-23(5)18-55)39(64)52(15-12-2)33(45-25(7)20-57)38(63)49-30(42-22(4)17-54)37(62)48-29(41-21(3)16-53)36(61)47-27(9)35(60)51-32(40(65)66-10)44-24(6)19-56/h11-12,16-27,29-33,41-45H,1-2,13-15H2,3-10H3,(H,46,58)(H,47,61)(H,48,62)(H,49,63)(H,50,59)(H,51,60)/t21-,22-,23-,24-,25-,26-,27-,29+,30+,31+,32+,33+/m0/s1. The van der Waals surface area contributed by atoms with Crippen LogP contribution < -0.4 is 58.5 Å². The molecule has 0 aromatic heterocycles. The van der Waals surface area contributed by atoms with Crippen LogP contribution in [0.2, 0.25) is 0 Å². The van der Waals surface area contributed by atoms with Crippen molar-refractivity contribution >= 4 is 78.8 Å². The molecule has 368 valence electrons. The van der Waals surface area contributed by atoms with E-state index in [1.165, 1.54) is 60.6 Å². The van der Waals surface area contributed by atoms with Gasteiger partial charge in [0.05, 0.1) is 37.3 Å². The Kier molecular flexibility index (Phi) is 28.2. The van der Waals surface area contributed by atoms with Crippen molar-refractivity contribution in [3.05, 3.63) is 25.3 Å². The summed E-state index contributed by atoms with van der Waals surface area (Å²) in [4.78, 5) is 166. The topological polar surface area (TPSA) is 367 Å². The lowest BCUT2D eigenvalue weighted by Crippen LogP contribution is -2.69. The van der Waals surface area contributed by atoms with Crippen LogP contribution >= 0.6 is 0 Å². The van der Waals surface area contributed by atoms with Gasteiger partial charge in [-0.3, -0.25) is 60.1 Å². The van der Waals surface area contributed by atoms with E-state index in [2.05, 4.69) is 76.4 Å². The number of hydrogen-bond donors (Lipinski definition) is 11. The minimum atomic E-state index is -1.94. The maximum absolute atomic E-state index is 14.3. The second-order valence-electron chi connectivity index (χ2n) is 14.8. The van der Waals surface area contributed by atoms with Gasteiger partial charge in [0.15, 0.2) is 30.8 Å². The van der Waals surface area contributed by atoms with Gasteiger partial charge < -0.3 is 65.5 Å². The third-order valence-electron chi connectivity index (χ3n) is 8.78. The van der Waals surface area contributed by atoms with Crippen molar-refractivity contribution in [3.8, 4) is 0 Å². The van der Waals surface area contributed by atoms with Gasteiger partial charge in [-0.25, -0.2) is 4.79 Å². The summed E-state index contributed by atoms with van der Waals surface area (Å²) in [5.74, 6) is -8.02. The van der Waals surface area contributed by atoms with Gasteiger partial charge in [-0.05, 0) is 54.9 Å². The Hall–Kier alpha value is -6.61. The summed E-state index contributed by atoms with van der Waals surface area (Å²) in [6, 6.07) is -8.13. The second kappa shape index (κ2) is 31.3. The highest BCUT2D eigenvalue weighted by Crippen LogP contribution is 2.06. The lowest BCUT2D eigenvalue weighted by atomic mass is 10.2. The first-order valence-electron chi connectivity index (χ1n) is 20.6. The van der Waals surface area contributed by atoms with Gasteiger partial charge in [-0.1, -0.05) is 12.2 Å². The molecule has 0 heterocycles. The van der Waals surface area contributed by atoms with Crippen LogP contribution in [0.15, 0.2) is 25.3 Å².